The summed E-state index contributed by atoms with van der Waals surface area (Å²) in [7, 11) is 3.41. The Morgan fingerprint density at radius 1 is 0.957 bits per heavy atom. The second-order valence-electron chi connectivity index (χ2n) is 6.14. The molecule has 0 saturated carbocycles. The summed E-state index contributed by atoms with van der Waals surface area (Å²) in [4.78, 5) is 0. The van der Waals surface area contributed by atoms with Gasteiger partial charge in [-0.3, -0.25) is 0 Å². The van der Waals surface area contributed by atoms with E-state index in [0.29, 0.717) is 12.5 Å². The lowest BCUT2D eigenvalue weighted by molar-refractivity contribution is 0.407. The molecule has 0 saturated heterocycles. The number of hydrogen-bond donors (Lipinski definition) is 1. The Balaban J connectivity index is 2.32. The third-order valence-corrected chi connectivity index (χ3v) is 4.29. The summed E-state index contributed by atoms with van der Waals surface area (Å²) in [6.07, 6.45) is 0.855. The van der Waals surface area contributed by atoms with E-state index >= 15 is 0 Å². The number of ether oxygens (including phenoxy) is 2. The lowest BCUT2D eigenvalue weighted by atomic mass is 9.89. The van der Waals surface area contributed by atoms with Gasteiger partial charge in [-0.25, -0.2) is 0 Å². The van der Waals surface area contributed by atoms with Crippen molar-refractivity contribution in [3.05, 3.63) is 59.2 Å². The van der Waals surface area contributed by atoms with Crippen molar-refractivity contribution in [2.75, 3.05) is 20.8 Å². The lowest BCUT2D eigenvalue weighted by Gasteiger charge is -2.19. The van der Waals surface area contributed by atoms with Gasteiger partial charge in [-0.1, -0.05) is 38.1 Å². The molecular weight excluding hydrogens is 286 g/mol. The van der Waals surface area contributed by atoms with Gasteiger partial charge in [-0.15, -0.1) is 0 Å². The maximum atomic E-state index is 6.05. The van der Waals surface area contributed by atoms with Crippen LogP contribution < -0.4 is 15.2 Å². The van der Waals surface area contributed by atoms with Gasteiger partial charge in [0.15, 0.2) is 0 Å². The van der Waals surface area contributed by atoms with Crippen molar-refractivity contribution in [1.29, 1.82) is 0 Å². The molecule has 0 heterocycles. The largest absolute Gasteiger partial charge is 0.497 e. The molecule has 0 aliphatic heterocycles. The van der Waals surface area contributed by atoms with Crippen LogP contribution in [0.5, 0.6) is 11.5 Å². The van der Waals surface area contributed by atoms with Crippen molar-refractivity contribution in [1.82, 2.24) is 0 Å². The highest BCUT2D eigenvalue weighted by Crippen LogP contribution is 2.30. The fraction of sp³-hybridized carbons (Fsp3) is 0.400. The van der Waals surface area contributed by atoms with E-state index in [2.05, 4.69) is 44.2 Å². The van der Waals surface area contributed by atoms with Gasteiger partial charge in [-0.05, 0) is 53.8 Å². The Bertz CT molecular complexity index is 637. The summed E-state index contributed by atoms with van der Waals surface area (Å²) in [6.45, 7) is 4.99. The Hall–Kier alpha value is -2.00. The first-order valence-electron chi connectivity index (χ1n) is 8.09. The zero-order chi connectivity index (χ0) is 16.8. The molecule has 0 spiro atoms. The molecule has 2 N–H and O–H groups in total. The fourth-order valence-corrected chi connectivity index (χ4v) is 2.82. The van der Waals surface area contributed by atoms with E-state index in [-0.39, 0.29) is 5.92 Å². The monoisotopic (exact) mass is 313 g/mol. The topological polar surface area (TPSA) is 44.5 Å². The van der Waals surface area contributed by atoms with Crippen molar-refractivity contribution in [2.24, 2.45) is 5.73 Å². The molecule has 0 aliphatic rings. The van der Waals surface area contributed by atoms with Crippen LogP contribution >= 0.6 is 0 Å². The standard InChI is InChI=1S/C20H27NO2/c1-14(2)15-8-9-20(23-4)17(10-15)11-18(13-21)16-6-5-7-19(12-16)22-3/h5-10,12,14,18H,11,13,21H2,1-4H3. The molecule has 3 heteroatoms. The smallest absolute Gasteiger partial charge is 0.122 e. The Kier molecular flexibility index (Phi) is 6.05. The van der Waals surface area contributed by atoms with Crippen LogP contribution in [0.15, 0.2) is 42.5 Å². The number of benzene rings is 2. The normalized spacial score (nSPS) is 12.3. The number of rotatable bonds is 7. The minimum Gasteiger partial charge on any atom is -0.497 e. The van der Waals surface area contributed by atoms with Crippen LogP contribution in [0, 0.1) is 0 Å². The zero-order valence-corrected chi connectivity index (χ0v) is 14.5. The predicted molar refractivity (Wildman–Crippen MR) is 95.6 cm³/mol. The summed E-state index contributed by atoms with van der Waals surface area (Å²) in [6, 6.07) is 14.6. The van der Waals surface area contributed by atoms with Crippen molar-refractivity contribution in [2.45, 2.75) is 32.1 Å². The van der Waals surface area contributed by atoms with Crippen molar-refractivity contribution in [3.8, 4) is 11.5 Å². The molecule has 0 bridgehead atoms. The van der Waals surface area contributed by atoms with Gasteiger partial charge >= 0.3 is 0 Å². The van der Waals surface area contributed by atoms with Crippen LogP contribution in [0.4, 0.5) is 0 Å². The Labute approximate surface area is 139 Å². The first kappa shape index (κ1) is 17.4. The highest BCUT2D eigenvalue weighted by Gasteiger charge is 2.15. The quantitative estimate of drug-likeness (QED) is 0.836. The second-order valence-corrected chi connectivity index (χ2v) is 6.14. The molecule has 2 aromatic carbocycles. The number of hydrogen-bond acceptors (Lipinski definition) is 3. The molecule has 1 atom stereocenters. The summed E-state index contributed by atoms with van der Waals surface area (Å²) in [5, 5.41) is 0. The molecule has 124 valence electrons. The molecule has 0 fully saturated rings. The molecule has 0 aliphatic carbocycles. The summed E-state index contributed by atoms with van der Waals surface area (Å²) < 4.78 is 10.9. The van der Waals surface area contributed by atoms with E-state index in [1.165, 1.54) is 16.7 Å². The third-order valence-electron chi connectivity index (χ3n) is 4.29. The molecular formula is C20H27NO2. The van der Waals surface area contributed by atoms with Gasteiger partial charge < -0.3 is 15.2 Å². The lowest BCUT2D eigenvalue weighted by Crippen LogP contribution is -2.15. The molecule has 0 amide bonds. The van der Waals surface area contributed by atoms with Crippen molar-refractivity contribution in [3.63, 3.8) is 0 Å². The highest BCUT2D eigenvalue weighted by molar-refractivity contribution is 5.40. The Morgan fingerprint density at radius 2 is 1.74 bits per heavy atom. The Morgan fingerprint density at radius 3 is 2.35 bits per heavy atom. The van der Waals surface area contributed by atoms with Crippen LogP contribution in [-0.4, -0.2) is 20.8 Å². The number of methoxy groups -OCH3 is 2. The van der Waals surface area contributed by atoms with Gasteiger partial charge in [0.1, 0.15) is 11.5 Å². The van der Waals surface area contributed by atoms with Crippen LogP contribution in [0.3, 0.4) is 0 Å². The maximum absolute atomic E-state index is 6.05. The second kappa shape index (κ2) is 8.02. The average Bonchev–Trinajstić information content (AvgIpc) is 2.59. The number of nitrogens with two attached hydrogens (primary N) is 1. The third kappa shape index (κ3) is 4.26. The summed E-state index contributed by atoms with van der Waals surface area (Å²) >= 11 is 0. The molecule has 0 aromatic heterocycles. The summed E-state index contributed by atoms with van der Waals surface area (Å²) in [5.41, 5.74) is 9.78. The highest BCUT2D eigenvalue weighted by atomic mass is 16.5. The van der Waals surface area contributed by atoms with Crippen LogP contribution in [0.2, 0.25) is 0 Å². The van der Waals surface area contributed by atoms with Crippen LogP contribution in [0.1, 0.15) is 42.4 Å². The van der Waals surface area contributed by atoms with Crippen LogP contribution in [-0.2, 0) is 6.42 Å². The van der Waals surface area contributed by atoms with Gasteiger partial charge in [-0.2, -0.15) is 0 Å². The van der Waals surface area contributed by atoms with E-state index in [1.807, 2.05) is 12.1 Å². The van der Waals surface area contributed by atoms with Crippen LogP contribution in [0.25, 0.3) is 0 Å². The van der Waals surface area contributed by atoms with E-state index in [0.717, 1.165) is 17.9 Å². The van der Waals surface area contributed by atoms with E-state index in [1.54, 1.807) is 14.2 Å². The SMILES string of the molecule is COc1cccc(C(CN)Cc2cc(C(C)C)ccc2OC)c1. The van der Waals surface area contributed by atoms with Gasteiger partial charge in [0.25, 0.3) is 0 Å². The molecule has 0 radical (unpaired) electrons. The van der Waals surface area contributed by atoms with Gasteiger partial charge in [0, 0.05) is 5.92 Å². The maximum Gasteiger partial charge on any atom is 0.122 e. The molecule has 1 unspecified atom stereocenters. The van der Waals surface area contributed by atoms with Gasteiger partial charge in [0.2, 0.25) is 0 Å². The first-order chi connectivity index (χ1) is 11.1. The predicted octanol–water partition coefficient (Wildman–Crippen LogP) is 4.11. The van der Waals surface area contributed by atoms with E-state index in [4.69, 9.17) is 15.2 Å². The molecule has 2 rings (SSSR count). The van der Waals surface area contributed by atoms with Gasteiger partial charge in [0.05, 0.1) is 14.2 Å². The van der Waals surface area contributed by atoms with E-state index in [9.17, 15) is 0 Å². The zero-order valence-electron chi connectivity index (χ0n) is 14.5. The fourth-order valence-electron chi connectivity index (χ4n) is 2.82. The summed E-state index contributed by atoms with van der Waals surface area (Å²) in [5.74, 6) is 2.52. The van der Waals surface area contributed by atoms with Crippen molar-refractivity contribution < 1.29 is 9.47 Å². The minimum absolute atomic E-state index is 0.237. The first-order valence-corrected chi connectivity index (χ1v) is 8.09. The molecule has 2 aromatic rings. The molecule has 3 nitrogen and oxygen atoms in total. The average molecular weight is 313 g/mol. The van der Waals surface area contributed by atoms with E-state index < -0.39 is 0 Å². The molecule has 23 heavy (non-hydrogen) atoms. The minimum atomic E-state index is 0.237. The van der Waals surface area contributed by atoms with Crippen molar-refractivity contribution >= 4 is 0 Å².